The molecule has 2 rings (SSSR count). The molecular weight excluding hydrogens is 224 g/mol. The van der Waals surface area contributed by atoms with E-state index in [-0.39, 0.29) is 0 Å². The van der Waals surface area contributed by atoms with Gasteiger partial charge in [-0.3, -0.25) is 0 Å². The molecular formula is C16H28O2. The number of ether oxygens (including phenoxy) is 1. The summed E-state index contributed by atoms with van der Waals surface area (Å²) in [5.74, 6) is 1.54. The van der Waals surface area contributed by atoms with Crippen LogP contribution in [0.15, 0.2) is 11.6 Å². The second-order valence-corrected chi connectivity index (χ2v) is 6.69. The van der Waals surface area contributed by atoms with Crippen molar-refractivity contribution in [2.45, 2.75) is 71.0 Å². The lowest BCUT2D eigenvalue weighted by Gasteiger charge is -2.39. The van der Waals surface area contributed by atoms with Crippen LogP contribution in [0.4, 0.5) is 0 Å². The SMILES string of the molecule is CCC1=CC2CCC(OCCC(C)(C)O)C(C1)C2. The van der Waals surface area contributed by atoms with Gasteiger partial charge in [0.2, 0.25) is 0 Å². The summed E-state index contributed by atoms with van der Waals surface area (Å²) < 4.78 is 6.05. The van der Waals surface area contributed by atoms with Crippen LogP contribution >= 0.6 is 0 Å². The number of rotatable bonds is 5. The van der Waals surface area contributed by atoms with Crippen molar-refractivity contribution >= 4 is 0 Å². The molecule has 1 saturated carbocycles. The summed E-state index contributed by atoms with van der Waals surface area (Å²) in [5.41, 5.74) is 1.03. The van der Waals surface area contributed by atoms with Gasteiger partial charge in [-0.1, -0.05) is 18.6 Å². The quantitative estimate of drug-likeness (QED) is 0.756. The zero-order valence-corrected chi connectivity index (χ0v) is 12.1. The summed E-state index contributed by atoms with van der Waals surface area (Å²) in [6, 6.07) is 0. The van der Waals surface area contributed by atoms with E-state index in [4.69, 9.17) is 4.74 Å². The third kappa shape index (κ3) is 3.83. The molecule has 3 atom stereocenters. The highest BCUT2D eigenvalue weighted by Crippen LogP contribution is 2.41. The van der Waals surface area contributed by atoms with Crippen LogP contribution in [-0.4, -0.2) is 23.4 Å². The molecule has 0 aromatic carbocycles. The molecule has 2 bridgehead atoms. The van der Waals surface area contributed by atoms with E-state index < -0.39 is 5.60 Å². The zero-order valence-electron chi connectivity index (χ0n) is 12.1. The van der Waals surface area contributed by atoms with E-state index in [0.29, 0.717) is 12.7 Å². The summed E-state index contributed by atoms with van der Waals surface area (Å²) in [7, 11) is 0. The van der Waals surface area contributed by atoms with Crippen molar-refractivity contribution in [2.75, 3.05) is 6.61 Å². The average Bonchev–Trinajstić information content (AvgIpc) is 2.30. The maximum atomic E-state index is 9.71. The molecule has 104 valence electrons. The van der Waals surface area contributed by atoms with Crippen molar-refractivity contribution in [3.05, 3.63) is 11.6 Å². The van der Waals surface area contributed by atoms with Crippen molar-refractivity contribution in [3.8, 4) is 0 Å². The van der Waals surface area contributed by atoms with Gasteiger partial charge in [0.25, 0.3) is 0 Å². The molecule has 0 radical (unpaired) electrons. The van der Waals surface area contributed by atoms with E-state index in [2.05, 4.69) is 13.0 Å². The van der Waals surface area contributed by atoms with E-state index in [0.717, 1.165) is 18.3 Å². The van der Waals surface area contributed by atoms with Gasteiger partial charge in [-0.15, -0.1) is 0 Å². The van der Waals surface area contributed by atoms with Gasteiger partial charge in [-0.2, -0.15) is 0 Å². The van der Waals surface area contributed by atoms with E-state index in [9.17, 15) is 5.11 Å². The molecule has 3 unspecified atom stereocenters. The monoisotopic (exact) mass is 252 g/mol. The number of hydrogen-bond acceptors (Lipinski definition) is 2. The van der Waals surface area contributed by atoms with E-state index in [1.165, 1.54) is 32.1 Å². The van der Waals surface area contributed by atoms with Crippen molar-refractivity contribution in [3.63, 3.8) is 0 Å². The van der Waals surface area contributed by atoms with Gasteiger partial charge in [0.05, 0.1) is 11.7 Å². The zero-order chi connectivity index (χ0) is 13.2. The Morgan fingerprint density at radius 2 is 2.17 bits per heavy atom. The number of allylic oxidation sites excluding steroid dienone is 2. The van der Waals surface area contributed by atoms with Crippen LogP contribution in [0.25, 0.3) is 0 Å². The van der Waals surface area contributed by atoms with Gasteiger partial charge in [-0.25, -0.2) is 0 Å². The minimum atomic E-state index is -0.599. The Kier molecular flexibility index (Phi) is 4.50. The molecule has 1 fully saturated rings. The molecule has 0 amide bonds. The normalized spacial score (nSPS) is 32.2. The summed E-state index contributed by atoms with van der Waals surface area (Å²) in [4.78, 5) is 0. The third-order valence-electron chi connectivity index (χ3n) is 4.45. The van der Waals surface area contributed by atoms with Crippen molar-refractivity contribution in [1.29, 1.82) is 0 Å². The molecule has 2 aliphatic carbocycles. The predicted molar refractivity (Wildman–Crippen MR) is 74.5 cm³/mol. The first-order valence-electron chi connectivity index (χ1n) is 7.51. The van der Waals surface area contributed by atoms with Gasteiger partial charge in [0.1, 0.15) is 0 Å². The Balaban J connectivity index is 1.83. The number of hydrogen-bond donors (Lipinski definition) is 1. The lowest BCUT2D eigenvalue weighted by molar-refractivity contribution is -0.0454. The molecule has 0 aliphatic heterocycles. The van der Waals surface area contributed by atoms with Crippen LogP contribution < -0.4 is 0 Å². The Hall–Kier alpha value is -0.340. The lowest BCUT2D eigenvalue weighted by atomic mass is 9.71. The fourth-order valence-corrected chi connectivity index (χ4v) is 3.32. The van der Waals surface area contributed by atoms with Crippen LogP contribution in [0.2, 0.25) is 0 Å². The van der Waals surface area contributed by atoms with Gasteiger partial charge in [0, 0.05) is 6.61 Å². The molecule has 1 N–H and O–H groups in total. The Morgan fingerprint density at radius 1 is 1.39 bits per heavy atom. The molecule has 0 heterocycles. The molecule has 0 aromatic heterocycles. The van der Waals surface area contributed by atoms with Crippen LogP contribution in [0.5, 0.6) is 0 Å². The maximum Gasteiger partial charge on any atom is 0.0613 e. The van der Waals surface area contributed by atoms with Gasteiger partial charge < -0.3 is 9.84 Å². The van der Waals surface area contributed by atoms with Crippen molar-refractivity contribution in [2.24, 2.45) is 11.8 Å². The van der Waals surface area contributed by atoms with Crippen LogP contribution in [0.1, 0.15) is 59.3 Å². The molecule has 18 heavy (non-hydrogen) atoms. The molecule has 2 heteroatoms. The topological polar surface area (TPSA) is 29.5 Å². The lowest BCUT2D eigenvalue weighted by Crippen LogP contribution is -2.35. The van der Waals surface area contributed by atoms with Gasteiger partial charge >= 0.3 is 0 Å². The average molecular weight is 252 g/mol. The Labute approximate surface area is 111 Å². The van der Waals surface area contributed by atoms with Crippen LogP contribution in [0, 0.1) is 11.8 Å². The van der Waals surface area contributed by atoms with E-state index in [1.807, 2.05) is 13.8 Å². The van der Waals surface area contributed by atoms with Crippen molar-refractivity contribution < 1.29 is 9.84 Å². The van der Waals surface area contributed by atoms with Gasteiger partial charge in [0.15, 0.2) is 0 Å². The fourth-order valence-electron chi connectivity index (χ4n) is 3.32. The predicted octanol–water partition coefficient (Wildman–Crippen LogP) is 3.69. The fraction of sp³-hybridized carbons (Fsp3) is 0.875. The first kappa shape index (κ1) is 14.1. The molecule has 2 aliphatic rings. The van der Waals surface area contributed by atoms with Crippen LogP contribution in [-0.2, 0) is 4.74 Å². The second-order valence-electron chi connectivity index (χ2n) is 6.69. The standard InChI is InChI=1S/C16H28O2/c1-4-12-9-13-5-6-15(14(10-12)11-13)18-8-7-16(2,3)17/h9,13-15,17H,4-8,10-11H2,1-3H3. The molecule has 0 aromatic rings. The highest BCUT2D eigenvalue weighted by Gasteiger charge is 2.33. The molecule has 2 nitrogen and oxygen atoms in total. The smallest absolute Gasteiger partial charge is 0.0613 e. The minimum absolute atomic E-state index is 0.429. The van der Waals surface area contributed by atoms with Gasteiger partial charge in [-0.05, 0) is 64.2 Å². The van der Waals surface area contributed by atoms with E-state index >= 15 is 0 Å². The highest BCUT2D eigenvalue weighted by molar-refractivity contribution is 5.12. The second kappa shape index (κ2) is 5.75. The number of fused-ring (bicyclic) bond motifs is 2. The van der Waals surface area contributed by atoms with E-state index in [1.54, 1.807) is 5.57 Å². The first-order valence-corrected chi connectivity index (χ1v) is 7.51. The molecule has 0 spiro atoms. The Bertz CT molecular complexity index is 301. The summed E-state index contributed by atoms with van der Waals surface area (Å²) in [6.07, 6.45) is 9.92. The third-order valence-corrected chi connectivity index (χ3v) is 4.45. The number of aliphatic hydroxyl groups is 1. The molecule has 0 saturated heterocycles. The highest BCUT2D eigenvalue weighted by atomic mass is 16.5. The summed E-state index contributed by atoms with van der Waals surface area (Å²) in [6.45, 7) is 6.66. The largest absolute Gasteiger partial charge is 0.390 e. The summed E-state index contributed by atoms with van der Waals surface area (Å²) >= 11 is 0. The maximum absolute atomic E-state index is 9.71. The first-order chi connectivity index (χ1) is 8.48. The Morgan fingerprint density at radius 3 is 2.83 bits per heavy atom. The summed E-state index contributed by atoms with van der Waals surface area (Å²) in [5, 5.41) is 9.71. The van der Waals surface area contributed by atoms with Crippen molar-refractivity contribution in [1.82, 2.24) is 0 Å². The minimum Gasteiger partial charge on any atom is -0.390 e. The van der Waals surface area contributed by atoms with Crippen LogP contribution in [0.3, 0.4) is 0 Å².